The molecule has 1 aromatic carbocycles. The van der Waals surface area contributed by atoms with E-state index in [0.717, 1.165) is 18.6 Å². The molecule has 0 bridgehead atoms. The molecular formula is C17H25NO3. The maximum Gasteiger partial charge on any atom is 0.251 e. The van der Waals surface area contributed by atoms with Crippen molar-refractivity contribution in [2.45, 2.75) is 26.7 Å². The van der Waals surface area contributed by atoms with E-state index in [9.17, 15) is 4.79 Å². The van der Waals surface area contributed by atoms with Gasteiger partial charge in [0.25, 0.3) is 5.91 Å². The zero-order chi connectivity index (χ0) is 15.7. The quantitative estimate of drug-likeness (QED) is 0.688. The van der Waals surface area contributed by atoms with E-state index in [1.165, 1.54) is 0 Å². The Bertz CT molecular complexity index is 452. The summed E-state index contributed by atoms with van der Waals surface area (Å²) >= 11 is 0. The molecule has 0 unspecified atom stereocenters. The van der Waals surface area contributed by atoms with Crippen molar-refractivity contribution >= 4 is 5.91 Å². The first-order valence-corrected chi connectivity index (χ1v) is 7.21. The summed E-state index contributed by atoms with van der Waals surface area (Å²) in [6.45, 7) is 8.96. The largest absolute Gasteiger partial charge is 0.490 e. The van der Waals surface area contributed by atoms with Crippen LogP contribution in [-0.2, 0) is 0 Å². The Morgan fingerprint density at radius 3 is 2.62 bits per heavy atom. The Morgan fingerprint density at radius 2 is 2.05 bits per heavy atom. The lowest BCUT2D eigenvalue weighted by molar-refractivity contribution is 0.0933. The van der Waals surface area contributed by atoms with Crippen molar-refractivity contribution < 1.29 is 14.6 Å². The zero-order valence-electron chi connectivity index (χ0n) is 12.9. The number of carbonyl (C=O) groups excluding carboxylic acids is 1. The summed E-state index contributed by atoms with van der Waals surface area (Å²) in [6.07, 6.45) is 3.30. The van der Waals surface area contributed by atoms with Gasteiger partial charge < -0.3 is 15.2 Å². The molecule has 4 nitrogen and oxygen atoms in total. The minimum atomic E-state index is -0.0951. The second-order valence-corrected chi connectivity index (χ2v) is 5.80. The number of aliphatic hydroxyl groups excluding tert-OH is 1. The fourth-order valence-electron chi connectivity index (χ4n) is 1.93. The third-order valence-electron chi connectivity index (χ3n) is 3.22. The Hall–Kier alpha value is -1.81. The molecule has 0 aliphatic rings. The van der Waals surface area contributed by atoms with Gasteiger partial charge in [0.05, 0.1) is 0 Å². The van der Waals surface area contributed by atoms with Crippen molar-refractivity contribution in [2.75, 3.05) is 19.8 Å². The van der Waals surface area contributed by atoms with Crippen LogP contribution in [0.2, 0.25) is 0 Å². The minimum Gasteiger partial charge on any atom is -0.490 e. The van der Waals surface area contributed by atoms with Crippen LogP contribution in [-0.4, -0.2) is 30.8 Å². The molecule has 116 valence electrons. The second kappa shape index (κ2) is 8.47. The summed E-state index contributed by atoms with van der Waals surface area (Å²) in [6, 6.07) is 7.04. The molecular weight excluding hydrogens is 266 g/mol. The Morgan fingerprint density at radius 1 is 1.38 bits per heavy atom. The average Bonchev–Trinajstić information content (AvgIpc) is 2.49. The average molecular weight is 291 g/mol. The molecule has 0 aliphatic heterocycles. The number of rotatable bonds is 9. The van der Waals surface area contributed by atoms with E-state index >= 15 is 0 Å². The molecule has 0 spiro atoms. The van der Waals surface area contributed by atoms with E-state index in [2.05, 4.69) is 25.7 Å². The molecule has 4 heteroatoms. The molecule has 0 fully saturated rings. The number of carbonyl (C=O) groups is 1. The van der Waals surface area contributed by atoms with Crippen LogP contribution in [0.25, 0.3) is 0 Å². The number of benzene rings is 1. The van der Waals surface area contributed by atoms with E-state index in [0.29, 0.717) is 18.7 Å². The molecule has 1 amide bonds. The van der Waals surface area contributed by atoms with Crippen molar-refractivity contribution in [3.05, 3.63) is 42.5 Å². The Kier molecular flexibility index (Phi) is 6.96. The lowest BCUT2D eigenvalue weighted by Crippen LogP contribution is -2.34. The van der Waals surface area contributed by atoms with Gasteiger partial charge in [-0.2, -0.15) is 0 Å². The van der Waals surface area contributed by atoms with Gasteiger partial charge in [0.1, 0.15) is 12.4 Å². The molecule has 0 atom stereocenters. The SMILES string of the molecule is C=CCOc1ccc(C(=O)NCC(C)(C)CCCO)cc1. The van der Waals surface area contributed by atoms with Crippen molar-refractivity contribution in [3.8, 4) is 5.75 Å². The fourth-order valence-corrected chi connectivity index (χ4v) is 1.93. The van der Waals surface area contributed by atoms with Gasteiger partial charge in [0.15, 0.2) is 0 Å². The predicted molar refractivity (Wildman–Crippen MR) is 84.6 cm³/mol. The van der Waals surface area contributed by atoms with E-state index in [1.807, 2.05) is 0 Å². The highest BCUT2D eigenvalue weighted by molar-refractivity contribution is 5.94. The lowest BCUT2D eigenvalue weighted by atomic mass is 9.88. The van der Waals surface area contributed by atoms with Crippen LogP contribution in [0.15, 0.2) is 36.9 Å². The molecule has 2 N–H and O–H groups in total. The van der Waals surface area contributed by atoms with Gasteiger partial charge in [-0.05, 0) is 42.5 Å². The van der Waals surface area contributed by atoms with Crippen molar-refractivity contribution in [2.24, 2.45) is 5.41 Å². The monoisotopic (exact) mass is 291 g/mol. The van der Waals surface area contributed by atoms with E-state index < -0.39 is 0 Å². The third kappa shape index (κ3) is 6.45. The number of aliphatic hydroxyl groups is 1. The first kappa shape index (κ1) is 17.2. The van der Waals surface area contributed by atoms with Gasteiger partial charge in [-0.1, -0.05) is 26.5 Å². The lowest BCUT2D eigenvalue weighted by Gasteiger charge is -2.24. The van der Waals surface area contributed by atoms with E-state index in [4.69, 9.17) is 9.84 Å². The first-order chi connectivity index (χ1) is 9.98. The van der Waals surface area contributed by atoms with E-state index in [-0.39, 0.29) is 17.9 Å². The van der Waals surface area contributed by atoms with Gasteiger partial charge in [0.2, 0.25) is 0 Å². The van der Waals surface area contributed by atoms with Crippen LogP contribution in [0.5, 0.6) is 5.75 Å². The summed E-state index contributed by atoms with van der Waals surface area (Å²) in [5, 5.41) is 11.8. The number of hydrogen-bond acceptors (Lipinski definition) is 3. The molecule has 0 aliphatic carbocycles. The smallest absolute Gasteiger partial charge is 0.251 e. The molecule has 0 saturated heterocycles. The Labute approximate surface area is 126 Å². The second-order valence-electron chi connectivity index (χ2n) is 5.80. The molecule has 0 saturated carbocycles. The van der Waals surface area contributed by atoms with Gasteiger partial charge in [-0.3, -0.25) is 4.79 Å². The van der Waals surface area contributed by atoms with Gasteiger partial charge in [-0.25, -0.2) is 0 Å². The summed E-state index contributed by atoms with van der Waals surface area (Å²) in [5.74, 6) is 0.622. The summed E-state index contributed by atoms with van der Waals surface area (Å²) in [7, 11) is 0. The van der Waals surface area contributed by atoms with Crippen molar-refractivity contribution in [1.29, 1.82) is 0 Å². The topological polar surface area (TPSA) is 58.6 Å². The van der Waals surface area contributed by atoms with Crippen LogP contribution < -0.4 is 10.1 Å². The van der Waals surface area contributed by atoms with Gasteiger partial charge in [0, 0.05) is 18.7 Å². The summed E-state index contributed by atoms with van der Waals surface area (Å²) in [4.78, 5) is 12.1. The standard InChI is InChI=1S/C17H25NO3/c1-4-12-21-15-8-6-14(7-9-15)16(20)18-13-17(2,3)10-5-11-19/h4,6-9,19H,1,5,10-13H2,2-3H3,(H,18,20). The van der Waals surface area contributed by atoms with Crippen LogP contribution in [0.4, 0.5) is 0 Å². The summed E-state index contributed by atoms with van der Waals surface area (Å²) < 4.78 is 5.37. The van der Waals surface area contributed by atoms with Crippen LogP contribution in [0.3, 0.4) is 0 Å². The summed E-state index contributed by atoms with van der Waals surface area (Å²) in [5.41, 5.74) is 0.588. The highest BCUT2D eigenvalue weighted by Gasteiger charge is 2.18. The van der Waals surface area contributed by atoms with E-state index in [1.54, 1.807) is 30.3 Å². The van der Waals surface area contributed by atoms with Gasteiger partial charge >= 0.3 is 0 Å². The maximum absolute atomic E-state index is 12.1. The number of nitrogens with one attached hydrogen (secondary N) is 1. The van der Waals surface area contributed by atoms with Crippen molar-refractivity contribution in [3.63, 3.8) is 0 Å². The molecule has 0 heterocycles. The molecule has 0 aromatic heterocycles. The fraction of sp³-hybridized carbons (Fsp3) is 0.471. The number of ether oxygens (including phenoxy) is 1. The van der Waals surface area contributed by atoms with Crippen LogP contribution in [0.1, 0.15) is 37.0 Å². The van der Waals surface area contributed by atoms with Crippen molar-refractivity contribution in [1.82, 2.24) is 5.32 Å². The molecule has 1 rings (SSSR count). The van der Waals surface area contributed by atoms with Gasteiger partial charge in [-0.15, -0.1) is 0 Å². The molecule has 21 heavy (non-hydrogen) atoms. The normalized spacial score (nSPS) is 11.0. The predicted octanol–water partition coefficient (Wildman–Crippen LogP) is 2.78. The molecule has 0 radical (unpaired) electrons. The molecule has 1 aromatic rings. The number of amides is 1. The van der Waals surface area contributed by atoms with Crippen LogP contribution >= 0.6 is 0 Å². The minimum absolute atomic E-state index is 0.0224. The maximum atomic E-state index is 12.1. The highest BCUT2D eigenvalue weighted by atomic mass is 16.5. The zero-order valence-corrected chi connectivity index (χ0v) is 12.9. The highest BCUT2D eigenvalue weighted by Crippen LogP contribution is 2.21. The third-order valence-corrected chi connectivity index (χ3v) is 3.22. The van der Waals surface area contributed by atoms with Crippen LogP contribution in [0, 0.1) is 5.41 Å². The first-order valence-electron chi connectivity index (χ1n) is 7.21. The number of hydrogen-bond donors (Lipinski definition) is 2. The Balaban J connectivity index is 2.49.